The minimum atomic E-state index is 0.111. The van der Waals surface area contributed by atoms with Crippen LogP contribution in [0.2, 0.25) is 0 Å². The maximum atomic E-state index is 6.32. The number of halogens is 1. The van der Waals surface area contributed by atoms with Crippen molar-refractivity contribution in [2.24, 2.45) is 5.41 Å². The lowest BCUT2D eigenvalue weighted by molar-refractivity contribution is 0.336. The summed E-state index contributed by atoms with van der Waals surface area (Å²) in [7, 11) is 0. The minimum Gasteiger partial charge on any atom is -0.492 e. The Morgan fingerprint density at radius 2 is 2.22 bits per heavy atom. The number of hydrogen-bond acceptors (Lipinski definition) is 2. The van der Waals surface area contributed by atoms with Gasteiger partial charge in [0.25, 0.3) is 0 Å². The van der Waals surface area contributed by atoms with Crippen molar-refractivity contribution in [1.82, 2.24) is 4.98 Å². The molecule has 0 fully saturated rings. The Labute approximate surface area is 114 Å². The quantitative estimate of drug-likeness (QED) is 0.761. The first-order chi connectivity index (χ1) is 8.50. The third kappa shape index (κ3) is 3.26. The van der Waals surface area contributed by atoms with Crippen LogP contribution in [0.3, 0.4) is 0 Å². The monoisotopic (exact) mass is 265 g/mol. The molecule has 0 N–H and O–H groups in total. The molecule has 3 heteroatoms. The lowest BCUT2D eigenvalue weighted by Crippen LogP contribution is -2.21. The molecule has 0 saturated heterocycles. The second kappa shape index (κ2) is 5.31. The van der Waals surface area contributed by atoms with Gasteiger partial charge in [0.05, 0.1) is 18.2 Å². The van der Waals surface area contributed by atoms with E-state index in [9.17, 15) is 0 Å². The average Bonchev–Trinajstić information content (AvgIpc) is 2.27. The zero-order valence-corrected chi connectivity index (χ0v) is 12.0. The highest BCUT2D eigenvalue weighted by Gasteiger charge is 2.28. The summed E-state index contributed by atoms with van der Waals surface area (Å²) in [5.74, 6) is 0.824. The molecule has 0 aliphatic heterocycles. The summed E-state index contributed by atoms with van der Waals surface area (Å²) in [6.07, 6.45) is 7.85. The first-order valence-electron chi connectivity index (χ1n) is 6.43. The van der Waals surface area contributed by atoms with Crippen molar-refractivity contribution in [1.29, 1.82) is 0 Å². The van der Waals surface area contributed by atoms with Crippen molar-refractivity contribution < 1.29 is 4.74 Å². The predicted molar refractivity (Wildman–Crippen MR) is 76.0 cm³/mol. The van der Waals surface area contributed by atoms with Gasteiger partial charge in [-0.05, 0) is 42.4 Å². The molecule has 18 heavy (non-hydrogen) atoms. The Bertz CT molecular complexity index is 454. The van der Waals surface area contributed by atoms with E-state index in [4.69, 9.17) is 16.3 Å². The van der Waals surface area contributed by atoms with Crippen LogP contribution < -0.4 is 4.74 Å². The van der Waals surface area contributed by atoms with Crippen LogP contribution in [0, 0.1) is 5.41 Å². The van der Waals surface area contributed by atoms with Crippen LogP contribution in [0.5, 0.6) is 5.75 Å². The molecule has 1 heterocycles. The maximum Gasteiger partial charge on any atom is 0.138 e. The van der Waals surface area contributed by atoms with Gasteiger partial charge in [-0.3, -0.25) is 4.98 Å². The van der Waals surface area contributed by atoms with Gasteiger partial charge in [0.15, 0.2) is 0 Å². The van der Waals surface area contributed by atoms with Crippen molar-refractivity contribution in [3.63, 3.8) is 0 Å². The van der Waals surface area contributed by atoms with Crippen LogP contribution in [0.25, 0.3) is 5.57 Å². The van der Waals surface area contributed by atoms with E-state index in [-0.39, 0.29) is 10.8 Å². The summed E-state index contributed by atoms with van der Waals surface area (Å²) >= 11 is 6.32. The van der Waals surface area contributed by atoms with E-state index >= 15 is 0 Å². The van der Waals surface area contributed by atoms with Crippen LogP contribution in [0.1, 0.15) is 39.2 Å². The van der Waals surface area contributed by atoms with E-state index < -0.39 is 0 Å². The third-order valence-electron chi connectivity index (χ3n) is 3.19. The van der Waals surface area contributed by atoms with Gasteiger partial charge in [-0.1, -0.05) is 19.9 Å². The van der Waals surface area contributed by atoms with Gasteiger partial charge in [0, 0.05) is 6.20 Å². The van der Waals surface area contributed by atoms with Crippen molar-refractivity contribution in [3.05, 3.63) is 30.1 Å². The molecule has 1 unspecified atom stereocenters. The lowest BCUT2D eigenvalue weighted by Gasteiger charge is -2.32. The second-order valence-corrected chi connectivity index (χ2v) is 6.16. The van der Waals surface area contributed by atoms with E-state index in [1.807, 2.05) is 19.2 Å². The molecule has 0 aromatic carbocycles. The Morgan fingerprint density at radius 1 is 1.44 bits per heavy atom. The molecule has 98 valence electrons. The Morgan fingerprint density at radius 3 is 2.89 bits per heavy atom. The maximum absolute atomic E-state index is 6.32. The van der Waals surface area contributed by atoms with E-state index in [0.29, 0.717) is 6.61 Å². The fourth-order valence-corrected chi connectivity index (χ4v) is 3.06. The number of rotatable bonds is 3. The smallest absolute Gasteiger partial charge is 0.138 e. The summed E-state index contributed by atoms with van der Waals surface area (Å²) in [6, 6.07) is 2.05. The molecule has 0 bridgehead atoms. The summed E-state index contributed by atoms with van der Waals surface area (Å²) < 4.78 is 5.49. The molecule has 0 amide bonds. The highest BCUT2D eigenvalue weighted by molar-refractivity contribution is 6.22. The molecule has 1 aliphatic rings. The summed E-state index contributed by atoms with van der Waals surface area (Å²) in [6.45, 7) is 7.16. The van der Waals surface area contributed by atoms with Crippen LogP contribution >= 0.6 is 11.6 Å². The van der Waals surface area contributed by atoms with Gasteiger partial charge in [-0.2, -0.15) is 0 Å². The first kappa shape index (κ1) is 13.4. The lowest BCUT2D eigenvalue weighted by atomic mass is 9.75. The zero-order chi connectivity index (χ0) is 13.2. The van der Waals surface area contributed by atoms with Crippen molar-refractivity contribution in [2.45, 2.75) is 39.0 Å². The van der Waals surface area contributed by atoms with Gasteiger partial charge in [0.2, 0.25) is 0 Å². The Kier molecular flexibility index (Phi) is 3.96. The van der Waals surface area contributed by atoms with Crippen LogP contribution in [-0.4, -0.2) is 17.0 Å². The van der Waals surface area contributed by atoms with E-state index in [0.717, 1.165) is 24.2 Å². The third-order valence-corrected chi connectivity index (χ3v) is 3.47. The van der Waals surface area contributed by atoms with Gasteiger partial charge in [-0.25, -0.2) is 0 Å². The Balaban J connectivity index is 2.28. The number of nitrogens with zero attached hydrogens (tertiary/aromatic N) is 1. The molecule has 1 atom stereocenters. The summed E-state index contributed by atoms with van der Waals surface area (Å²) in [4.78, 5) is 4.24. The van der Waals surface area contributed by atoms with Crippen molar-refractivity contribution in [2.75, 3.05) is 6.61 Å². The van der Waals surface area contributed by atoms with E-state index in [1.165, 1.54) is 5.57 Å². The largest absolute Gasteiger partial charge is 0.492 e. The summed E-state index contributed by atoms with van der Waals surface area (Å²) in [5.41, 5.74) is 2.65. The molecular weight excluding hydrogens is 246 g/mol. The first-order valence-corrected chi connectivity index (χ1v) is 6.87. The molecule has 2 rings (SSSR count). The number of pyridine rings is 1. The number of allylic oxidation sites excluding steroid dienone is 2. The van der Waals surface area contributed by atoms with Crippen LogP contribution in [0.15, 0.2) is 24.5 Å². The minimum absolute atomic E-state index is 0.111. The van der Waals surface area contributed by atoms with Gasteiger partial charge in [0.1, 0.15) is 5.75 Å². The zero-order valence-electron chi connectivity index (χ0n) is 11.2. The van der Waals surface area contributed by atoms with E-state index in [1.54, 1.807) is 6.20 Å². The summed E-state index contributed by atoms with van der Waals surface area (Å²) in [5, 5.41) is 0.111. The fourth-order valence-electron chi connectivity index (χ4n) is 2.49. The average molecular weight is 266 g/mol. The van der Waals surface area contributed by atoms with Crippen molar-refractivity contribution in [3.8, 4) is 5.75 Å². The highest BCUT2D eigenvalue weighted by atomic mass is 35.5. The number of aromatic nitrogens is 1. The normalized spacial score (nSPS) is 22.4. The molecule has 0 saturated carbocycles. The molecule has 1 aromatic rings. The standard InChI is InChI=1S/C15H20ClNO/c1-4-18-14-6-12(9-17-10-14)11-5-13(16)8-15(2,3)7-11/h5-6,9-10,13H,4,7-8H2,1-3H3. The fraction of sp³-hybridized carbons (Fsp3) is 0.533. The molecular formula is C15H20ClNO. The molecule has 1 aliphatic carbocycles. The highest BCUT2D eigenvalue weighted by Crippen LogP contribution is 2.41. The number of hydrogen-bond donors (Lipinski definition) is 0. The number of alkyl halides is 1. The SMILES string of the molecule is CCOc1cncc(C2=CC(Cl)CC(C)(C)C2)c1. The predicted octanol–water partition coefficient (Wildman–Crippen LogP) is 4.29. The van der Waals surface area contributed by atoms with Gasteiger partial charge < -0.3 is 4.74 Å². The van der Waals surface area contributed by atoms with Crippen LogP contribution in [-0.2, 0) is 0 Å². The van der Waals surface area contributed by atoms with Crippen LogP contribution in [0.4, 0.5) is 0 Å². The number of ether oxygens (including phenoxy) is 1. The topological polar surface area (TPSA) is 22.1 Å². The molecule has 2 nitrogen and oxygen atoms in total. The second-order valence-electron chi connectivity index (χ2n) is 5.60. The van der Waals surface area contributed by atoms with E-state index in [2.05, 4.69) is 24.9 Å². The van der Waals surface area contributed by atoms with Gasteiger partial charge in [-0.15, -0.1) is 11.6 Å². The Hall–Kier alpha value is -1.02. The van der Waals surface area contributed by atoms with Crippen molar-refractivity contribution >= 4 is 17.2 Å². The molecule has 1 aromatic heterocycles. The van der Waals surface area contributed by atoms with Gasteiger partial charge >= 0.3 is 0 Å². The molecule has 0 spiro atoms. The molecule has 0 radical (unpaired) electrons.